The highest BCUT2D eigenvalue weighted by atomic mass is 16.7. The van der Waals surface area contributed by atoms with Crippen molar-refractivity contribution in [3.63, 3.8) is 0 Å². The normalized spacial score (nSPS) is 30.6. The summed E-state index contributed by atoms with van der Waals surface area (Å²) in [4.78, 5) is 42.9. The second-order valence-corrected chi connectivity index (χ2v) is 15.5. The SMILES string of the molecule is CC(C)(C)OC(=O)N[C@](COC(=O)O[C@H]1CC[C@@]2(C)C(=CC[C@@H]3[C@@H]2CC[C@]2(C)C(c4cccnc4)=CC[C@@H]32)C1)(C(=O)O)c1ccccc1. The topological polar surface area (TPSA) is 124 Å². The molecule has 9 heteroatoms. The number of benzene rings is 1. The Morgan fingerprint density at radius 2 is 1.71 bits per heavy atom. The molecule has 6 rings (SSSR count). The lowest BCUT2D eigenvalue weighted by Crippen LogP contribution is -2.56. The summed E-state index contributed by atoms with van der Waals surface area (Å²) in [5, 5.41) is 12.8. The number of carbonyl (C=O) groups is 3. The first-order valence-corrected chi connectivity index (χ1v) is 17.2. The molecule has 2 aromatic rings. The van der Waals surface area contributed by atoms with Crippen molar-refractivity contribution < 1.29 is 33.7 Å². The van der Waals surface area contributed by atoms with Crippen LogP contribution >= 0.6 is 0 Å². The van der Waals surface area contributed by atoms with Gasteiger partial charge in [-0.05, 0) is 111 Å². The molecule has 1 heterocycles. The van der Waals surface area contributed by atoms with Gasteiger partial charge in [-0.3, -0.25) is 10.3 Å². The number of hydrogen-bond donors (Lipinski definition) is 2. The Morgan fingerprint density at radius 3 is 2.40 bits per heavy atom. The number of hydrogen-bond acceptors (Lipinski definition) is 7. The number of nitrogens with zero attached hydrogens (tertiary/aromatic N) is 1. The minimum Gasteiger partial charge on any atom is -0.479 e. The zero-order valence-corrected chi connectivity index (χ0v) is 28.7. The van der Waals surface area contributed by atoms with E-state index < -0.39 is 36.0 Å². The van der Waals surface area contributed by atoms with E-state index in [0.29, 0.717) is 30.6 Å². The number of carboxylic acids is 1. The number of carbonyl (C=O) groups excluding carboxylic acids is 2. The van der Waals surface area contributed by atoms with Gasteiger partial charge in [-0.25, -0.2) is 14.4 Å². The van der Waals surface area contributed by atoms with Crippen LogP contribution < -0.4 is 5.32 Å². The third-order valence-electron chi connectivity index (χ3n) is 11.6. The Balaban J connectivity index is 1.12. The van der Waals surface area contributed by atoms with Gasteiger partial charge in [-0.1, -0.05) is 68.0 Å². The van der Waals surface area contributed by atoms with Gasteiger partial charge in [0, 0.05) is 18.8 Å². The fraction of sp³-hybridized carbons (Fsp3) is 0.538. The predicted molar refractivity (Wildman–Crippen MR) is 181 cm³/mol. The number of aromatic nitrogens is 1. The van der Waals surface area contributed by atoms with Crippen molar-refractivity contribution >= 4 is 23.8 Å². The Kier molecular flexibility index (Phi) is 8.94. The van der Waals surface area contributed by atoms with Crippen molar-refractivity contribution in [3.8, 4) is 0 Å². The summed E-state index contributed by atoms with van der Waals surface area (Å²) in [6.45, 7) is 9.23. The van der Waals surface area contributed by atoms with Crippen LogP contribution in [0.3, 0.4) is 0 Å². The summed E-state index contributed by atoms with van der Waals surface area (Å²) in [6, 6.07) is 12.4. The van der Waals surface area contributed by atoms with Gasteiger partial charge in [-0.2, -0.15) is 0 Å². The molecule has 2 fully saturated rings. The lowest BCUT2D eigenvalue weighted by molar-refractivity contribution is -0.147. The Morgan fingerprint density at radius 1 is 0.958 bits per heavy atom. The Hall–Kier alpha value is -4.14. The van der Waals surface area contributed by atoms with Crippen molar-refractivity contribution in [2.45, 2.75) is 96.8 Å². The minimum atomic E-state index is -2.07. The summed E-state index contributed by atoms with van der Waals surface area (Å²) in [6.07, 6.45) is 13.1. The van der Waals surface area contributed by atoms with Crippen molar-refractivity contribution in [2.24, 2.45) is 28.6 Å². The van der Waals surface area contributed by atoms with Gasteiger partial charge in [0.05, 0.1) is 0 Å². The molecule has 48 heavy (non-hydrogen) atoms. The molecule has 0 saturated heterocycles. The second kappa shape index (κ2) is 12.7. The Bertz CT molecular complexity index is 1600. The van der Waals surface area contributed by atoms with Crippen LogP contribution in [0.25, 0.3) is 5.57 Å². The van der Waals surface area contributed by atoms with Gasteiger partial charge >= 0.3 is 18.2 Å². The van der Waals surface area contributed by atoms with E-state index in [-0.39, 0.29) is 22.5 Å². The fourth-order valence-electron chi connectivity index (χ4n) is 9.23. The fourth-order valence-corrected chi connectivity index (χ4v) is 9.23. The van der Waals surface area contributed by atoms with E-state index in [4.69, 9.17) is 14.2 Å². The van der Waals surface area contributed by atoms with Crippen LogP contribution in [-0.2, 0) is 24.5 Å². The maximum Gasteiger partial charge on any atom is 0.508 e. The van der Waals surface area contributed by atoms with Crippen LogP contribution in [0.4, 0.5) is 9.59 Å². The Labute approximate surface area is 283 Å². The van der Waals surface area contributed by atoms with Crippen LogP contribution in [0.15, 0.2) is 72.6 Å². The highest BCUT2D eigenvalue weighted by Gasteiger charge is 2.57. The van der Waals surface area contributed by atoms with Gasteiger partial charge in [0.1, 0.15) is 18.3 Å². The van der Waals surface area contributed by atoms with Crippen molar-refractivity contribution in [3.05, 3.63) is 83.7 Å². The summed E-state index contributed by atoms with van der Waals surface area (Å²) in [5.74, 6) is 0.380. The molecule has 1 aromatic heterocycles. The summed E-state index contributed by atoms with van der Waals surface area (Å²) < 4.78 is 16.6. The average Bonchev–Trinajstić information content (AvgIpc) is 3.40. The molecule has 2 saturated carbocycles. The number of rotatable bonds is 7. The lowest BCUT2D eigenvalue weighted by Gasteiger charge is -2.57. The van der Waals surface area contributed by atoms with Crippen LogP contribution in [0.5, 0.6) is 0 Å². The van der Waals surface area contributed by atoms with E-state index in [1.165, 1.54) is 16.7 Å². The maximum absolute atomic E-state index is 13.1. The molecule has 2 N–H and O–H groups in total. The molecule has 0 unspecified atom stereocenters. The molecule has 256 valence electrons. The van der Waals surface area contributed by atoms with E-state index in [9.17, 15) is 19.5 Å². The average molecular weight is 657 g/mol. The van der Waals surface area contributed by atoms with Crippen LogP contribution in [-0.4, -0.2) is 46.6 Å². The van der Waals surface area contributed by atoms with Crippen LogP contribution in [0.2, 0.25) is 0 Å². The second-order valence-electron chi connectivity index (χ2n) is 15.5. The molecule has 4 aliphatic rings. The van der Waals surface area contributed by atoms with E-state index in [2.05, 4.69) is 42.4 Å². The molecule has 4 aliphatic carbocycles. The van der Waals surface area contributed by atoms with Gasteiger partial charge in [0.2, 0.25) is 5.54 Å². The molecule has 0 aliphatic heterocycles. The monoisotopic (exact) mass is 656 g/mol. The van der Waals surface area contributed by atoms with Gasteiger partial charge in [0.25, 0.3) is 0 Å². The summed E-state index contributed by atoms with van der Waals surface area (Å²) in [7, 11) is 0. The molecule has 0 radical (unpaired) electrons. The number of pyridine rings is 1. The first kappa shape index (κ1) is 33.7. The smallest absolute Gasteiger partial charge is 0.479 e. The molecular weight excluding hydrogens is 608 g/mol. The highest BCUT2D eigenvalue weighted by Crippen LogP contribution is 2.66. The minimum absolute atomic E-state index is 0.0498. The molecule has 7 atom stereocenters. The van der Waals surface area contributed by atoms with E-state index in [1.807, 2.05) is 18.5 Å². The zero-order valence-electron chi connectivity index (χ0n) is 28.7. The summed E-state index contributed by atoms with van der Waals surface area (Å²) in [5.41, 5.74) is 1.56. The molecule has 1 amide bonds. The van der Waals surface area contributed by atoms with E-state index >= 15 is 0 Å². The van der Waals surface area contributed by atoms with Crippen LogP contribution in [0.1, 0.15) is 90.7 Å². The number of allylic oxidation sites excluding steroid dienone is 3. The summed E-state index contributed by atoms with van der Waals surface area (Å²) >= 11 is 0. The number of carboxylic acid groups (broad SMARTS) is 1. The van der Waals surface area contributed by atoms with Gasteiger partial charge < -0.3 is 19.3 Å². The quantitative estimate of drug-likeness (QED) is 0.227. The maximum atomic E-state index is 13.1. The van der Waals surface area contributed by atoms with Crippen molar-refractivity contribution in [1.29, 1.82) is 0 Å². The highest BCUT2D eigenvalue weighted by molar-refractivity contribution is 5.86. The van der Waals surface area contributed by atoms with E-state index in [0.717, 1.165) is 32.1 Å². The standard InChI is InChI=1S/C39H48N2O7/c1-36(2,3)48-34(44)41-39(33(42)43,26-11-7-6-8-12-26)24-46-35(45)47-28-17-19-37(4)27(22-28)13-14-29-31-16-15-30(25-10-9-21-40-23-25)38(31,5)20-18-32(29)37/h6-13,15,21,23,28-29,31-32H,14,16-20,22,24H2,1-5H3,(H,41,44)(H,42,43)/t28-,29-,31-,32-,37-,38+,39-/m0/s1. The third-order valence-corrected chi connectivity index (χ3v) is 11.6. The zero-order chi connectivity index (χ0) is 34.3. The van der Waals surface area contributed by atoms with E-state index in [1.54, 1.807) is 51.1 Å². The molecule has 0 bridgehead atoms. The van der Waals surface area contributed by atoms with Gasteiger partial charge in [-0.15, -0.1) is 0 Å². The largest absolute Gasteiger partial charge is 0.508 e. The first-order chi connectivity index (χ1) is 22.7. The number of nitrogens with one attached hydrogen (secondary N) is 1. The number of alkyl carbamates (subject to hydrolysis) is 1. The van der Waals surface area contributed by atoms with Gasteiger partial charge in [0.15, 0.2) is 0 Å². The molecule has 1 aromatic carbocycles. The van der Waals surface area contributed by atoms with Crippen molar-refractivity contribution in [1.82, 2.24) is 10.3 Å². The number of ether oxygens (including phenoxy) is 3. The molecular formula is C39H48N2O7. The predicted octanol–water partition coefficient (Wildman–Crippen LogP) is 8.06. The number of amides is 1. The third kappa shape index (κ3) is 6.24. The number of aliphatic carboxylic acids is 1. The number of fused-ring (bicyclic) bond motifs is 5. The first-order valence-electron chi connectivity index (χ1n) is 17.2. The molecule has 0 spiro atoms. The lowest BCUT2D eigenvalue weighted by atomic mass is 9.47. The van der Waals surface area contributed by atoms with Crippen LogP contribution in [0, 0.1) is 28.6 Å². The van der Waals surface area contributed by atoms with Crippen molar-refractivity contribution in [2.75, 3.05) is 6.61 Å². The molecule has 9 nitrogen and oxygen atoms in total.